The van der Waals surface area contributed by atoms with Gasteiger partial charge in [0.15, 0.2) is 0 Å². The Morgan fingerprint density at radius 1 is 0.957 bits per heavy atom. The van der Waals surface area contributed by atoms with Crippen LogP contribution in [0.3, 0.4) is 0 Å². The van der Waals surface area contributed by atoms with Crippen LogP contribution < -0.4 is 0 Å². The van der Waals surface area contributed by atoms with E-state index in [-0.39, 0.29) is 6.10 Å². The van der Waals surface area contributed by atoms with Gasteiger partial charge < -0.3 is 14.7 Å². The Hall–Kier alpha value is -0.940. The van der Waals surface area contributed by atoms with Gasteiger partial charge in [0.25, 0.3) is 0 Å². The lowest BCUT2D eigenvalue weighted by atomic mass is 9.87. The van der Waals surface area contributed by atoms with E-state index in [2.05, 4.69) is 9.80 Å². The summed E-state index contributed by atoms with van der Waals surface area (Å²) in [7, 11) is 0. The molecule has 4 nitrogen and oxygen atoms in total. The summed E-state index contributed by atoms with van der Waals surface area (Å²) < 4.78 is 5.39. The smallest absolute Gasteiger partial charge is 0.0819 e. The Morgan fingerprint density at radius 2 is 1.57 bits per heavy atom. The Morgan fingerprint density at radius 3 is 2.22 bits per heavy atom. The standard InChI is InChI=1S/C19H30N2O2/c22-19(17-5-2-1-3-6-17)18-7-11-20(12-8-18)9-4-10-21-13-15-23-16-14-21/h1-3,5-6,18-19,22H,4,7-16H2. The fraction of sp³-hybridized carbons (Fsp3) is 0.684. The van der Waals surface area contributed by atoms with Crippen LogP contribution in [0.4, 0.5) is 0 Å². The fourth-order valence-corrected chi connectivity index (χ4v) is 3.76. The Balaban J connectivity index is 1.35. The monoisotopic (exact) mass is 318 g/mol. The summed E-state index contributed by atoms with van der Waals surface area (Å²) >= 11 is 0. The Kier molecular flexibility index (Phi) is 6.46. The number of morpholine rings is 1. The molecule has 2 aliphatic rings. The molecule has 1 unspecified atom stereocenters. The zero-order valence-corrected chi connectivity index (χ0v) is 14.1. The average Bonchev–Trinajstić information content (AvgIpc) is 2.63. The van der Waals surface area contributed by atoms with Crippen molar-refractivity contribution in [1.29, 1.82) is 0 Å². The molecule has 2 fully saturated rings. The zero-order valence-electron chi connectivity index (χ0n) is 14.1. The first-order valence-electron chi connectivity index (χ1n) is 9.08. The Labute approximate surface area is 140 Å². The van der Waals surface area contributed by atoms with Crippen molar-refractivity contribution in [3.05, 3.63) is 35.9 Å². The summed E-state index contributed by atoms with van der Waals surface area (Å²) in [5, 5.41) is 10.5. The third-order valence-electron chi connectivity index (χ3n) is 5.27. The molecule has 2 saturated heterocycles. The van der Waals surface area contributed by atoms with Crippen LogP contribution in [-0.4, -0.2) is 67.4 Å². The third kappa shape index (κ3) is 5.01. The van der Waals surface area contributed by atoms with Crippen LogP contribution in [0.25, 0.3) is 0 Å². The van der Waals surface area contributed by atoms with Gasteiger partial charge in [0.2, 0.25) is 0 Å². The molecule has 1 aromatic rings. The molecule has 0 radical (unpaired) electrons. The molecule has 0 amide bonds. The SMILES string of the molecule is OC(c1ccccc1)C1CCN(CCCN2CCOCC2)CC1. The van der Waals surface area contributed by atoms with Crippen LogP contribution in [0.1, 0.15) is 30.9 Å². The van der Waals surface area contributed by atoms with E-state index in [0.29, 0.717) is 5.92 Å². The quantitative estimate of drug-likeness (QED) is 0.872. The first kappa shape index (κ1) is 16.9. The highest BCUT2D eigenvalue weighted by Crippen LogP contribution is 2.30. The number of benzene rings is 1. The van der Waals surface area contributed by atoms with Gasteiger partial charge in [0.05, 0.1) is 19.3 Å². The number of nitrogens with zero attached hydrogens (tertiary/aromatic N) is 2. The molecule has 128 valence electrons. The average molecular weight is 318 g/mol. The zero-order chi connectivity index (χ0) is 15.9. The fourth-order valence-electron chi connectivity index (χ4n) is 3.76. The van der Waals surface area contributed by atoms with E-state index >= 15 is 0 Å². The van der Waals surface area contributed by atoms with Crippen molar-refractivity contribution >= 4 is 0 Å². The molecule has 0 aliphatic carbocycles. The van der Waals surface area contributed by atoms with E-state index in [9.17, 15) is 5.11 Å². The minimum atomic E-state index is -0.299. The van der Waals surface area contributed by atoms with Gasteiger partial charge in [-0.05, 0) is 56.9 Å². The number of aliphatic hydroxyl groups is 1. The highest BCUT2D eigenvalue weighted by Gasteiger charge is 2.26. The maximum absolute atomic E-state index is 10.5. The van der Waals surface area contributed by atoms with Crippen molar-refractivity contribution in [1.82, 2.24) is 9.80 Å². The van der Waals surface area contributed by atoms with Crippen LogP contribution in [0.2, 0.25) is 0 Å². The van der Waals surface area contributed by atoms with E-state index < -0.39 is 0 Å². The van der Waals surface area contributed by atoms with Crippen molar-refractivity contribution in [2.45, 2.75) is 25.4 Å². The number of ether oxygens (including phenoxy) is 1. The van der Waals surface area contributed by atoms with Crippen LogP contribution in [0, 0.1) is 5.92 Å². The summed E-state index contributed by atoms with van der Waals surface area (Å²) in [5.74, 6) is 0.410. The van der Waals surface area contributed by atoms with Crippen molar-refractivity contribution < 1.29 is 9.84 Å². The van der Waals surface area contributed by atoms with Gasteiger partial charge in [-0.15, -0.1) is 0 Å². The molecule has 2 heterocycles. The molecule has 4 heteroatoms. The summed E-state index contributed by atoms with van der Waals surface area (Å²) in [5.41, 5.74) is 1.07. The van der Waals surface area contributed by atoms with Gasteiger partial charge in [-0.2, -0.15) is 0 Å². The maximum Gasteiger partial charge on any atom is 0.0819 e. The first-order valence-corrected chi connectivity index (χ1v) is 9.08. The first-order chi connectivity index (χ1) is 11.3. The number of aliphatic hydroxyl groups excluding tert-OH is 1. The maximum atomic E-state index is 10.5. The number of rotatable bonds is 6. The molecule has 1 atom stereocenters. The van der Waals surface area contributed by atoms with Gasteiger partial charge in [-0.3, -0.25) is 4.90 Å². The lowest BCUT2D eigenvalue weighted by Crippen LogP contribution is -2.40. The predicted molar refractivity (Wildman–Crippen MR) is 92.4 cm³/mol. The second-order valence-electron chi connectivity index (χ2n) is 6.84. The molecule has 1 aromatic carbocycles. The molecule has 3 rings (SSSR count). The van der Waals surface area contributed by atoms with Crippen molar-refractivity contribution in [3.8, 4) is 0 Å². The van der Waals surface area contributed by atoms with E-state index in [1.54, 1.807) is 0 Å². The van der Waals surface area contributed by atoms with Gasteiger partial charge in [0.1, 0.15) is 0 Å². The molecule has 2 aliphatic heterocycles. The second kappa shape index (κ2) is 8.78. The summed E-state index contributed by atoms with van der Waals surface area (Å²) in [6.45, 7) is 8.58. The van der Waals surface area contributed by atoms with Crippen molar-refractivity contribution in [2.24, 2.45) is 5.92 Å². The molecular weight excluding hydrogens is 288 g/mol. The van der Waals surface area contributed by atoms with E-state index in [1.807, 2.05) is 30.3 Å². The third-order valence-corrected chi connectivity index (χ3v) is 5.27. The second-order valence-corrected chi connectivity index (χ2v) is 6.84. The molecule has 1 N–H and O–H groups in total. The van der Waals surface area contributed by atoms with E-state index in [0.717, 1.165) is 57.8 Å². The van der Waals surface area contributed by atoms with Crippen LogP contribution in [-0.2, 0) is 4.74 Å². The summed E-state index contributed by atoms with van der Waals surface area (Å²) in [4.78, 5) is 5.07. The number of likely N-dealkylation sites (tertiary alicyclic amines) is 1. The lowest BCUT2D eigenvalue weighted by Gasteiger charge is -2.35. The number of hydrogen-bond donors (Lipinski definition) is 1. The van der Waals surface area contributed by atoms with Gasteiger partial charge in [0, 0.05) is 13.1 Å². The predicted octanol–water partition coefficient (Wildman–Crippen LogP) is 2.15. The topological polar surface area (TPSA) is 35.9 Å². The van der Waals surface area contributed by atoms with E-state index in [1.165, 1.54) is 19.5 Å². The van der Waals surface area contributed by atoms with Crippen LogP contribution >= 0.6 is 0 Å². The Bertz CT molecular complexity index is 440. The molecule has 23 heavy (non-hydrogen) atoms. The molecular formula is C19H30N2O2. The molecule has 0 saturated carbocycles. The number of piperidine rings is 1. The highest BCUT2D eigenvalue weighted by molar-refractivity contribution is 5.18. The minimum absolute atomic E-state index is 0.299. The molecule has 0 aromatic heterocycles. The lowest BCUT2D eigenvalue weighted by molar-refractivity contribution is 0.0332. The normalized spacial score (nSPS) is 23.0. The van der Waals surface area contributed by atoms with E-state index in [4.69, 9.17) is 4.74 Å². The largest absolute Gasteiger partial charge is 0.388 e. The van der Waals surface area contributed by atoms with Crippen molar-refractivity contribution in [3.63, 3.8) is 0 Å². The van der Waals surface area contributed by atoms with Gasteiger partial charge in [-0.1, -0.05) is 30.3 Å². The molecule has 0 bridgehead atoms. The van der Waals surface area contributed by atoms with Gasteiger partial charge >= 0.3 is 0 Å². The number of hydrogen-bond acceptors (Lipinski definition) is 4. The molecule has 0 spiro atoms. The minimum Gasteiger partial charge on any atom is -0.388 e. The van der Waals surface area contributed by atoms with Gasteiger partial charge in [-0.25, -0.2) is 0 Å². The summed E-state index contributed by atoms with van der Waals surface area (Å²) in [6, 6.07) is 10.1. The van der Waals surface area contributed by atoms with Crippen LogP contribution in [0.15, 0.2) is 30.3 Å². The highest BCUT2D eigenvalue weighted by atomic mass is 16.5. The van der Waals surface area contributed by atoms with Crippen molar-refractivity contribution in [2.75, 3.05) is 52.5 Å². The summed E-state index contributed by atoms with van der Waals surface area (Å²) in [6.07, 6.45) is 3.15. The van der Waals surface area contributed by atoms with Crippen LogP contribution in [0.5, 0.6) is 0 Å².